The van der Waals surface area contributed by atoms with E-state index in [1.165, 1.54) is 11.1 Å². The first-order valence-electron chi connectivity index (χ1n) is 5.40. The highest BCUT2D eigenvalue weighted by molar-refractivity contribution is 5.79. The largest absolute Gasteiger partial charge is 0.353 e. The number of hydrogen-bond acceptors (Lipinski definition) is 2. The van der Waals surface area contributed by atoms with E-state index in [1.54, 1.807) is 0 Å². The Labute approximate surface area is 88.9 Å². The highest BCUT2D eigenvalue weighted by atomic mass is 16.2. The fourth-order valence-electron chi connectivity index (χ4n) is 2.68. The number of hydrogen-bond donors (Lipinski definition) is 2. The quantitative estimate of drug-likeness (QED) is 0.645. The molecule has 0 saturated carbocycles. The highest BCUT2D eigenvalue weighted by Gasteiger charge is 2.40. The van der Waals surface area contributed by atoms with E-state index in [1.807, 2.05) is 0 Å². The third-order valence-electron chi connectivity index (χ3n) is 3.53. The number of nitrogens with one attached hydrogen (secondary N) is 2. The Morgan fingerprint density at radius 3 is 2.93 bits per heavy atom. The summed E-state index contributed by atoms with van der Waals surface area (Å²) < 4.78 is 0. The maximum absolute atomic E-state index is 11.1. The molecule has 1 fully saturated rings. The summed E-state index contributed by atoms with van der Waals surface area (Å²) in [6.45, 7) is 1.16. The van der Waals surface area contributed by atoms with Gasteiger partial charge in [0, 0.05) is 6.54 Å². The molecule has 1 heterocycles. The van der Waals surface area contributed by atoms with Crippen LogP contribution in [0.15, 0.2) is 24.3 Å². The number of aryl methyl sites for hydroxylation is 1. The first-order valence-corrected chi connectivity index (χ1v) is 5.40. The molecule has 2 N–H and O–H groups in total. The molecular formula is C12H14N2O. The minimum Gasteiger partial charge on any atom is -0.353 e. The van der Waals surface area contributed by atoms with Gasteiger partial charge in [0.15, 0.2) is 0 Å². The first kappa shape index (κ1) is 8.92. The summed E-state index contributed by atoms with van der Waals surface area (Å²) in [6, 6.07) is 8.51. The van der Waals surface area contributed by atoms with Crippen LogP contribution in [-0.2, 0) is 16.8 Å². The molecule has 1 aromatic carbocycles. The van der Waals surface area contributed by atoms with Gasteiger partial charge in [-0.15, -0.1) is 0 Å². The molecule has 1 aliphatic carbocycles. The lowest BCUT2D eigenvalue weighted by Crippen LogP contribution is -2.58. The smallest absolute Gasteiger partial charge is 0.234 e. The van der Waals surface area contributed by atoms with Crippen molar-refractivity contribution in [2.24, 2.45) is 0 Å². The average Bonchev–Trinajstić information content (AvgIpc) is 2.63. The van der Waals surface area contributed by atoms with E-state index >= 15 is 0 Å². The van der Waals surface area contributed by atoms with Gasteiger partial charge in [0.2, 0.25) is 5.91 Å². The number of amides is 1. The van der Waals surface area contributed by atoms with Gasteiger partial charge in [-0.2, -0.15) is 0 Å². The molecule has 1 unspecified atom stereocenters. The van der Waals surface area contributed by atoms with Crippen LogP contribution in [0.25, 0.3) is 0 Å². The van der Waals surface area contributed by atoms with Crippen LogP contribution in [0.4, 0.5) is 0 Å². The first-order chi connectivity index (χ1) is 7.30. The maximum Gasteiger partial charge on any atom is 0.234 e. The van der Waals surface area contributed by atoms with Crippen molar-refractivity contribution in [3.8, 4) is 0 Å². The summed E-state index contributed by atoms with van der Waals surface area (Å²) in [7, 11) is 0. The molecule has 1 aliphatic heterocycles. The Morgan fingerprint density at radius 1 is 1.27 bits per heavy atom. The van der Waals surface area contributed by atoms with Crippen LogP contribution < -0.4 is 10.6 Å². The van der Waals surface area contributed by atoms with Crippen LogP contribution in [0.5, 0.6) is 0 Å². The number of carbonyl (C=O) groups excluding carboxylic acids is 1. The van der Waals surface area contributed by atoms with Crippen LogP contribution in [-0.4, -0.2) is 19.0 Å². The molecule has 1 spiro atoms. The molecule has 3 rings (SSSR count). The maximum atomic E-state index is 11.1. The number of benzene rings is 1. The van der Waals surface area contributed by atoms with Crippen LogP contribution in [0.3, 0.4) is 0 Å². The number of piperazine rings is 1. The Bertz CT molecular complexity index is 404. The summed E-state index contributed by atoms with van der Waals surface area (Å²) in [5.74, 6) is 0.102. The van der Waals surface area contributed by atoms with Crippen molar-refractivity contribution in [1.29, 1.82) is 0 Å². The third-order valence-corrected chi connectivity index (χ3v) is 3.53. The Hall–Kier alpha value is -1.35. The second kappa shape index (κ2) is 3.07. The van der Waals surface area contributed by atoms with E-state index in [0.29, 0.717) is 6.54 Å². The van der Waals surface area contributed by atoms with Crippen LogP contribution in [0.1, 0.15) is 17.5 Å². The molecule has 3 nitrogen and oxygen atoms in total. The number of carbonyl (C=O) groups is 1. The lowest BCUT2D eigenvalue weighted by Gasteiger charge is -2.35. The summed E-state index contributed by atoms with van der Waals surface area (Å²) in [6.07, 6.45) is 2.20. The van der Waals surface area contributed by atoms with Crippen molar-refractivity contribution in [2.75, 3.05) is 13.1 Å². The second-order valence-corrected chi connectivity index (χ2v) is 4.37. The minimum atomic E-state index is 0.00447. The molecule has 1 aromatic rings. The van der Waals surface area contributed by atoms with Gasteiger partial charge in [0.1, 0.15) is 0 Å². The zero-order valence-corrected chi connectivity index (χ0v) is 8.55. The van der Waals surface area contributed by atoms with Crippen molar-refractivity contribution in [2.45, 2.75) is 18.4 Å². The highest BCUT2D eigenvalue weighted by Crippen LogP contribution is 2.36. The van der Waals surface area contributed by atoms with Crippen molar-refractivity contribution in [1.82, 2.24) is 10.6 Å². The normalized spacial score (nSPS) is 28.9. The van der Waals surface area contributed by atoms with E-state index in [4.69, 9.17) is 0 Å². The molecule has 0 aromatic heterocycles. The van der Waals surface area contributed by atoms with E-state index in [2.05, 4.69) is 34.9 Å². The molecular weight excluding hydrogens is 188 g/mol. The van der Waals surface area contributed by atoms with Gasteiger partial charge in [-0.05, 0) is 24.0 Å². The van der Waals surface area contributed by atoms with E-state index in [9.17, 15) is 4.79 Å². The average molecular weight is 202 g/mol. The Kier molecular flexibility index (Phi) is 1.83. The van der Waals surface area contributed by atoms with Crippen molar-refractivity contribution < 1.29 is 4.79 Å². The van der Waals surface area contributed by atoms with Gasteiger partial charge in [-0.25, -0.2) is 0 Å². The van der Waals surface area contributed by atoms with Crippen LogP contribution in [0.2, 0.25) is 0 Å². The molecule has 1 atom stereocenters. The van der Waals surface area contributed by atoms with E-state index < -0.39 is 0 Å². The van der Waals surface area contributed by atoms with Crippen molar-refractivity contribution in [3.63, 3.8) is 0 Å². The monoisotopic (exact) mass is 202 g/mol. The SMILES string of the molecule is O=C1CNC2(CCc3ccccc32)CN1. The fraction of sp³-hybridized carbons (Fsp3) is 0.417. The van der Waals surface area contributed by atoms with Gasteiger partial charge in [-0.1, -0.05) is 24.3 Å². The zero-order chi connectivity index (χ0) is 10.3. The fourth-order valence-corrected chi connectivity index (χ4v) is 2.68. The van der Waals surface area contributed by atoms with Gasteiger partial charge in [0.25, 0.3) is 0 Å². The zero-order valence-electron chi connectivity index (χ0n) is 8.55. The minimum absolute atomic E-state index is 0.00447. The molecule has 3 heteroatoms. The van der Waals surface area contributed by atoms with Gasteiger partial charge >= 0.3 is 0 Å². The summed E-state index contributed by atoms with van der Waals surface area (Å²) >= 11 is 0. The summed E-state index contributed by atoms with van der Waals surface area (Å²) in [5.41, 5.74) is 2.79. The van der Waals surface area contributed by atoms with E-state index in [-0.39, 0.29) is 11.4 Å². The number of rotatable bonds is 0. The van der Waals surface area contributed by atoms with Crippen molar-refractivity contribution >= 4 is 5.91 Å². The second-order valence-electron chi connectivity index (χ2n) is 4.37. The van der Waals surface area contributed by atoms with Crippen LogP contribution >= 0.6 is 0 Å². The standard InChI is InChI=1S/C12H14N2O/c15-11-7-14-12(8-13-11)6-5-9-3-1-2-4-10(9)12/h1-4,14H,5-8H2,(H,13,15). The lowest BCUT2D eigenvalue weighted by molar-refractivity contribution is -0.122. The Morgan fingerprint density at radius 2 is 2.13 bits per heavy atom. The predicted octanol–water partition coefficient (Wildman–Crippen LogP) is 0.548. The van der Waals surface area contributed by atoms with Gasteiger partial charge in [-0.3, -0.25) is 10.1 Å². The lowest BCUT2D eigenvalue weighted by atomic mass is 9.90. The van der Waals surface area contributed by atoms with Gasteiger partial charge in [0.05, 0.1) is 12.1 Å². The summed E-state index contributed by atoms with van der Waals surface area (Å²) in [5, 5.41) is 6.34. The molecule has 78 valence electrons. The molecule has 2 aliphatic rings. The predicted molar refractivity (Wildman–Crippen MR) is 57.5 cm³/mol. The molecule has 1 amide bonds. The van der Waals surface area contributed by atoms with Crippen molar-refractivity contribution in [3.05, 3.63) is 35.4 Å². The molecule has 0 bridgehead atoms. The third kappa shape index (κ3) is 1.27. The Balaban J connectivity index is 1.98. The van der Waals surface area contributed by atoms with E-state index in [0.717, 1.165) is 19.4 Å². The van der Waals surface area contributed by atoms with Gasteiger partial charge < -0.3 is 5.32 Å². The molecule has 0 radical (unpaired) electrons. The summed E-state index contributed by atoms with van der Waals surface area (Å²) in [4.78, 5) is 11.1. The molecule has 1 saturated heterocycles. The van der Waals surface area contributed by atoms with Crippen LogP contribution in [0, 0.1) is 0 Å². The molecule has 15 heavy (non-hydrogen) atoms. The number of fused-ring (bicyclic) bond motifs is 2. The topological polar surface area (TPSA) is 41.1 Å².